The van der Waals surface area contributed by atoms with Gasteiger partial charge in [0.25, 0.3) is 0 Å². The van der Waals surface area contributed by atoms with E-state index in [0.717, 1.165) is 36.9 Å². The molecule has 0 bridgehead atoms. The molecule has 2 atom stereocenters. The van der Waals surface area contributed by atoms with Gasteiger partial charge < -0.3 is 25.0 Å². The maximum atomic E-state index is 12.6. The molecule has 1 saturated heterocycles. The fourth-order valence-electron chi connectivity index (χ4n) is 4.23. The summed E-state index contributed by atoms with van der Waals surface area (Å²) in [5.74, 6) is -2.82. The van der Waals surface area contributed by atoms with Crippen molar-refractivity contribution in [2.45, 2.75) is 12.8 Å². The van der Waals surface area contributed by atoms with Gasteiger partial charge in [0, 0.05) is 60.2 Å². The van der Waals surface area contributed by atoms with Crippen LogP contribution in [0, 0.1) is 11.8 Å². The number of allylic oxidation sites excluding steroid dienone is 2. The average Bonchev–Trinajstić information content (AvgIpc) is 2.80. The van der Waals surface area contributed by atoms with Crippen molar-refractivity contribution in [2.24, 2.45) is 11.8 Å². The third-order valence-electron chi connectivity index (χ3n) is 6.04. The van der Waals surface area contributed by atoms with Gasteiger partial charge >= 0.3 is 0 Å². The second-order valence-corrected chi connectivity index (χ2v) is 8.40. The van der Waals surface area contributed by atoms with E-state index < -0.39 is 17.8 Å². The number of carbonyl (C=O) groups excluding carboxylic acids is 2. The molecule has 0 radical (unpaired) electrons. The van der Waals surface area contributed by atoms with E-state index in [2.05, 4.69) is 15.1 Å². The highest BCUT2D eigenvalue weighted by Gasteiger charge is 2.29. The molecule has 1 amide bonds. The minimum Gasteiger partial charge on any atom is -0.550 e. The van der Waals surface area contributed by atoms with E-state index in [1.807, 2.05) is 54.6 Å². The van der Waals surface area contributed by atoms with Gasteiger partial charge in [-0.05, 0) is 61.4 Å². The monoisotopic (exact) mass is 438 g/mol. The number of benzene rings is 2. The number of rotatable bonds is 5. The van der Waals surface area contributed by atoms with Crippen LogP contribution in [0.2, 0.25) is 5.02 Å². The minimum atomic E-state index is -1.17. The lowest BCUT2D eigenvalue weighted by Crippen LogP contribution is -2.46. The highest BCUT2D eigenvalue weighted by atomic mass is 35.5. The van der Waals surface area contributed by atoms with Crippen LogP contribution >= 0.6 is 11.6 Å². The van der Waals surface area contributed by atoms with Crippen LogP contribution in [-0.4, -0.2) is 38.1 Å². The molecule has 6 nitrogen and oxygen atoms in total. The Morgan fingerprint density at radius 3 is 1.81 bits per heavy atom. The number of piperazine rings is 1. The van der Waals surface area contributed by atoms with Crippen molar-refractivity contribution in [2.75, 3.05) is 41.3 Å². The number of nitrogens with one attached hydrogen (secondary N) is 1. The first-order valence-electron chi connectivity index (χ1n) is 10.5. The average molecular weight is 439 g/mol. The predicted molar refractivity (Wildman–Crippen MR) is 121 cm³/mol. The fraction of sp³-hybridized carbons (Fsp3) is 0.333. The minimum absolute atomic E-state index is 0.275. The molecule has 162 valence electrons. The lowest BCUT2D eigenvalue weighted by molar-refractivity contribution is -0.313. The summed E-state index contributed by atoms with van der Waals surface area (Å²) >= 11 is 5.98. The zero-order valence-corrected chi connectivity index (χ0v) is 17.9. The number of amides is 1. The Morgan fingerprint density at radius 2 is 1.29 bits per heavy atom. The van der Waals surface area contributed by atoms with Crippen molar-refractivity contribution < 1.29 is 14.7 Å². The van der Waals surface area contributed by atoms with E-state index >= 15 is 0 Å². The molecule has 0 saturated carbocycles. The number of halogens is 1. The number of carboxylic acids is 1. The zero-order chi connectivity index (χ0) is 21.8. The Labute approximate surface area is 187 Å². The van der Waals surface area contributed by atoms with Crippen LogP contribution in [0.25, 0.3) is 0 Å². The Bertz CT molecular complexity index is 951. The SMILES string of the molecule is O=C([O-])[C@@H]1CC=CC[C@H]1C(=O)Nc1ccc(N2CCN(c3ccc(Cl)cc3)CC2)cc1. The molecule has 1 fully saturated rings. The highest BCUT2D eigenvalue weighted by Crippen LogP contribution is 2.28. The van der Waals surface area contributed by atoms with Gasteiger partial charge in [0.15, 0.2) is 0 Å². The van der Waals surface area contributed by atoms with E-state index in [0.29, 0.717) is 18.5 Å². The summed E-state index contributed by atoms with van der Waals surface area (Å²) in [4.78, 5) is 28.6. The maximum Gasteiger partial charge on any atom is 0.228 e. The molecular formula is C24H25ClN3O3-. The Kier molecular flexibility index (Phi) is 6.47. The van der Waals surface area contributed by atoms with Crippen molar-refractivity contribution in [3.63, 3.8) is 0 Å². The van der Waals surface area contributed by atoms with E-state index in [4.69, 9.17) is 11.6 Å². The molecule has 0 aromatic heterocycles. The van der Waals surface area contributed by atoms with Crippen LogP contribution in [0.4, 0.5) is 17.1 Å². The van der Waals surface area contributed by atoms with Crippen LogP contribution < -0.4 is 20.2 Å². The summed E-state index contributed by atoms with van der Waals surface area (Å²) in [7, 11) is 0. The van der Waals surface area contributed by atoms with Crippen LogP contribution in [0.5, 0.6) is 0 Å². The summed E-state index contributed by atoms with van der Waals surface area (Å²) in [6, 6.07) is 15.6. The molecule has 1 aliphatic carbocycles. The number of carboxylic acid groups (broad SMARTS) is 1. The van der Waals surface area contributed by atoms with Crippen LogP contribution in [0.15, 0.2) is 60.7 Å². The summed E-state index contributed by atoms with van der Waals surface area (Å²) in [6.07, 6.45) is 4.41. The van der Waals surface area contributed by atoms with Gasteiger partial charge in [0.05, 0.1) is 5.92 Å². The second-order valence-electron chi connectivity index (χ2n) is 7.96. The number of anilines is 3. The van der Waals surface area contributed by atoms with E-state index in [1.165, 1.54) is 5.69 Å². The van der Waals surface area contributed by atoms with Gasteiger partial charge in [-0.25, -0.2) is 0 Å². The molecule has 0 unspecified atom stereocenters. The van der Waals surface area contributed by atoms with Crippen LogP contribution in [0.3, 0.4) is 0 Å². The van der Waals surface area contributed by atoms with Gasteiger partial charge in [-0.15, -0.1) is 0 Å². The predicted octanol–water partition coefficient (Wildman–Crippen LogP) is 2.94. The summed E-state index contributed by atoms with van der Waals surface area (Å²) in [5.41, 5.74) is 2.94. The van der Waals surface area contributed by atoms with E-state index in [9.17, 15) is 14.7 Å². The van der Waals surface area contributed by atoms with Crippen molar-refractivity contribution in [3.05, 3.63) is 65.7 Å². The maximum absolute atomic E-state index is 12.6. The van der Waals surface area contributed by atoms with Gasteiger partial charge in [0.1, 0.15) is 0 Å². The molecule has 1 aliphatic heterocycles. The fourth-order valence-corrected chi connectivity index (χ4v) is 4.36. The summed E-state index contributed by atoms with van der Waals surface area (Å²) in [6.45, 7) is 3.63. The first-order chi connectivity index (χ1) is 15.0. The number of nitrogens with zero attached hydrogens (tertiary/aromatic N) is 2. The van der Waals surface area contributed by atoms with Crippen molar-refractivity contribution in [1.29, 1.82) is 0 Å². The number of hydrogen-bond donors (Lipinski definition) is 1. The highest BCUT2D eigenvalue weighted by molar-refractivity contribution is 6.30. The van der Waals surface area contributed by atoms with Crippen LogP contribution in [-0.2, 0) is 9.59 Å². The lowest BCUT2D eigenvalue weighted by atomic mass is 9.82. The van der Waals surface area contributed by atoms with Crippen molar-refractivity contribution in [1.82, 2.24) is 0 Å². The number of aliphatic carboxylic acids is 1. The van der Waals surface area contributed by atoms with Crippen LogP contribution in [0.1, 0.15) is 12.8 Å². The summed E-state index contributed by atoms with van der Waals surface area (Å²) in [5, 5.41) is 14.9. The molecule has 0 spiro atoms. The first-order valence-corrected chi connectivity index (χ1v) is 10.9. The van der Waals surface area contributed by atoms with E-state index in [1.54, 1.807) is 6.08 Å². The van der Waals surface area contributed by atoms with Crippen molar-refractivity contribution >= 4 is 40.5 Å². The summed E-state index contributed by atoms with van der Waals surface area (Å²) < 4.78 is 0. The standard InChI is InChI=1S/C24H26ClN3O3/c25-17-5-9-19(10-6-17)27-13-15-28(16-14-27)20-11-7-18(8-12-20)26-23(29)21-3-1-2-4-22(21)24(30)31/h1-2,5-12,21-22H,3-4,13-16H2,(H,26,29)(H,30,31)/p-1/t21-,22-/m1/s1. The van der Waals surface area contributed by atoms with Gasteiger partial charge in [-0.1, -0.05) is 23.8 Å². The molecule has 2 aliphatic rings. The lowest BCUT2D eigenvalue weighted by Gasteiger charge is -2.37. The molecule has 1 heterocycles. The van der Waals surface area contributed by atoms with Gasteiger partial charge in [-0.3, -0.25) is 4.79 Å². The zero-order valence-electron chi connectivity index (χ0n) is 17.2. The van der Waals surface area contributed by atoms with Gasteiger partial charge in [0.2, 0.25) is 5.91 Å². The number of carbonyl (C=O) groups is 2. The molecule has 4 rings (SSSR count). The third-order valence-corrected chi connectivity index (χ3v) is 6.30. The molecule has 2 aromatic carbocycles. The molecule has 31 heavy (non-hydrogen) atoms. The van der Waals surface area contributed by atoms with E-state index in [-0.39, 0.29) is 5.91 Å². The Hall–Kier alpha value is -2.99. The number of hydrogen-bond acceptors (Lipinski definition) is 5. The third kappa shape index (κ3) is 5.02. The topological polar surface area (TPSA) is 75.7 Å². The molecule has 1 N–H and O–H groups in total. The van der Waals surface area contributed by atoms with Gasteiger partial charge in [-0.2, -0.15) is 0 Å². The quantitative estimate of drug-likeness (QED) is 0.726. The Morgan fingerprint density at radius 1 is 0.806 bits per heavy atom. The molecular weight excluding hydrogens is 414 g/mol. The molecule has 2 aromatic rings. The first kappa shape index (κ1) is 21.2. The largest absolute Gasteiger partial charge is 0.550 e. The smallest absolute Gasteiger partial charge is 0.228 e. The Balaban J connectivity index is 1.33. The second kappa shape index (κ2) is 9.43. The molecule has 7 heteroatoms. The van der Waals surface area contributed by atoms with Crippen molar-refractivity contribution in [3.8, 4) is 0 Å². The normalized spacial score (nSPS) is 21.1.